The lowest BCUT2D eigenvalue weighted by molar-refractivity contribution is 0.00702. The van der Waals surface area contributed by atoms with E-state index in [1.54, 1.807) is 12.1 Å². The summed E-state index contributed by atoms with van der Waals surface area (Å²) < 4.78 is 13.0. The maximum absolute atomic E-state index is 13.8. The lowest BCUT2D eigenvalue weighted by Gasteiger charge is -2.20. The van der Waals surface area contributed by atoms with Gasteiger partial charge in [0.25, 0.3) is 0 Å². The van der Waals surface area contributed by atoms with Gasteiger partial charge in [-0.15, -0.1) is 22.7 Å². The summed E-state index contributed by atoms with van der Waals surface area (Å²) in [5.74, 6) is 0.0275. The van der Waals surface area contributed by atoms with Gasteiger partial charge < -0.3 is 9.47 Å². The van der Waals surface area contributed by atoms with Gasteiger partial charge in [-0.25, -0.2) is 4.79 Å². The van der Waals surface area contributed by atoms with E-state index in [0.29, 0.717) is 32.7 Å². The maximum Gasteiger partial charge on any atom is 0.340 e. The first-order valence-electron chi connectivity index (χ1n) is 12.5. The quantitative estimate of drug-likeness (QED) is 0.137. The molecule has 2 heterocycles. The summed E-state index contributed by atoms with van der Waals surface area (Å²) in [7, 11) is 0. The molecule has 0 bridgehead atoms. The summed E-state index contributed by atoms with van der Waals surface area (Å²) in [5.41, 5.74) is 2.32. The number of hydrogen-bond donors (Lipinski definition) is 0. The zero-order chi connectivity index (χ0) is 27.6. The number of benzene rings is 3. The normalized spacial score (nSPS) is 11.5. The van der Waals surface area contributed by atoms with E-state index in [1.807, 2.05) is 92.9 Å². The standard InChI is InChI=1S/C32H27ClO4S2/c1-32(2,3)37-31(35)28-24(21-13-15-22(33)16-14-21)19-38-27(28)17-25(34)30-29(23-11-7-8-12-26(23)39-30)36-18-20-9-5-4-6-10-20/h4-16,19H,17-18H2,1-3H3. The summed E-state index contributed by atoms with van der Waals surface area (Å²) in [4.78, 5) is 28.5. The number of ketones is 1. The Bertz CT molecular complexity index is 1630. The van der Waals surface area contributed by atoms with E-state index in [9.17, 15) is 9.59 Å². The van der Waals surface area contributed by atoms with Gasteiger partial charge >= 0.3 is 5.97 Å². The summed E-state index contributed by atoms with van der Waals surface area (Å²) in [6, 6.07) is 25.0. The molecule has 0 radical (unpaired) electrons. The van der Waals surface area contributed by atoms with E-state index in [-0.39, 0.29) is 12.2 Å². The monoisotopic (exact) mass is 574 g/mol. The van der Waals surface area contributed by atoms with Crippen LogP contribution in [0.2, 0.25) is 5.02 Å². The summed E-state index contributed by atoms with van der Waals surface area (Å²) in [6.07, 6.45) is 0.0569. The molecule has 39 heavy (non-hydrogen) atoms. The van der Waals surface area contributed by atoms with Crippen molar-refractivity contribution < 1.29 is 19.1 Å². The highest BCUT2D eigenvalue weighted by Crippen LogP contribution is 2.40. The highest BCUT2D eigenvalue weighted by molar-refractivity contribution is 7.21. The average molecular weight is 575 g/mol. The Morgan fingerprint density at radius 2 is 1.59 bits per heavy atom. The second-order valence-corrected chi connectivity index (χ2v) is 12.5. The first kappa shape index (κ1) is 27.1. The third-order valence-electron chi connectivity index (χ3n) is 5.98. The van der Waals surface area contributed by atoms with Gasteiger partial charge in [0.05, 0.1) is 5.56 Å². The minimum absolute atomic E-state index is 0.0569. The minimum atomic E-state index is -0.679. The van der Waals surface area contributed by atoms with Crippen molar-refractivity contribution in [3.05, 3.63) is 110 Å². The predicted molar refractivity (Wildman–Crippen MR) is 161 cm³/mol. The van der Waals surface area contributed by atoms with Crippen LogP contribution in [-0.4, -0.2) is 17.4 Å². The van der Waals surface area contributed by atoms with Crippen LogP contribution in [0.5, 0.6) is 5.75 Å². The smallest absolute Gasteiger partial charge is 0.340 e. The Hall–Kier alpha value is -3.45. The zero-order valence-electron chi connectivity index (χ0n) is 21.8. The number of rotatable bonds is 8. The molecule has 0 aliphatic carbocycles. The van der Waals surface area contributed by atoms with Gasteiger partial charge in [0.1, 0.15) is 22.8 Å². The molecule has 0 saturated heterocycles. The molecule has 0 saturated carbocycles. The van der Waals surface area contributed by atoms with Crippen molar-refractivity contribution in [2.24, 2.45) is 0 Å². The fraction of sp³-hybridized carbons (Fsp3) is 0.188. The average Bonchev–Trinajstić information content (AvgIpc) is 3.49. The number of esters is 1. The summed E-state index contributed by atoms with van der Waals surface area (Å²) >= 11 is 8.90. The van der Waals surface area contributed by atoms with Crippen LogP contribution >= 0.6 is 34.3 Å². The Labute approximate surface area is 240 Å². The van der Waals surface area contributed by atoms with E-state index in [1.165, 1.54) is 22.7 Å². The van der Waals surface area contributed by atoms with Gasteiger partial charge in [-0.1, -0.05) is 66.2 Å². The van der Waals surface area contributed by atoms with Crippen molar-refractivity contribution in [1.82, 2.24) is 0 Å². The third-order valence-corrected chi connectivity index (χ3v) is 8.41. The third kappa shape index (κ3) is 6.25. The molecule has 5 rings (SSSR count). The molecule has 2 aromatic heterocycles. The van der Waals surface area contributed by atoms with Crippen LogP contribution in [0, 0.1) is 0 Å². The van der Waals surface area contributed by atoms with Crippen molar-refractivity contribution in [3.63, 3.8) is 0 Å². The van der Waals surface area contributed by atoms with Crippen LogP contribution in [0.15, 0.2) is 84.2 Å². The molecular formula is C32H27ClO4S2. The molecular weight excluding hydrogens is 548 g/mol. The first-order valence-corrected chi connectivity index (χ1v) is 14.6. The van der Waals surface area contributed by atoms with E-state index >= 15 is 0 Å². The molecule has 0 N–H and O–H groups in total. The zero-order valence-corrected chi connectivity index (χ0v) is 24.2. The Morgan fingerprint density at radius 1 is 0.897 bits per heavy atom. The van der Waals surface area contributed by atoms with Crippen LogP contribution in [0.4, 0.5) is 0 Å². The number of fused-ring (bicyclic) bond motifs is 1. The van der Waals surface area contributed by atoms with E-state index in [0.717, 1.165) is 26.8 Å². The number of carbonyl (C=O) groups is 2. The van der Waals surface area contributed by atoms with Crippen molar-refractivity contribution in [2.45, 2.75) is 39.4 Å². The number of thiophene rings is 2. The molecule has 0 aliphatic heterocycles. The van der Waals surface area contributed by atoms with Crippen molar-refractivity contribution in [1.29, 1.82) is 0 Å². The van der Waals surface area contributed by atoms with Crippen molar-refractivity contribution in [3.8, 4) is 16.9 Å². The number of carbonyl (C=O) groups excluding carboxylic acids is 2. The molecule has 4 nitrogen and oxygen atoms in total. The van der Waals surface area contributed by atoms with Crippen LogP contribution in [0.25, 0.3) is 21.2 Å². The lowest BCUT2D eigenvalue weighted by Crippen LogP contribution is -2.24. The predicted octanol–water partition coefficient (Wildman–Crippen LogP) is 9.24. The minimum Gasteiger partial charge on any atom is -0.487 e. The van der Waals surface area contributed by atoms with Gasteiger partial charge in [-0.3, -0.25) is 4.79 Å². The highest BCUT2D eigenvalue weighted by atomic mass is 35.5. The van der Waals surface area contributed by atoms with Crippen LogP contribution in [-0.2, 0) is 17.8 Å². The highest BCUT2D eigenvalue weighted by Gasteiger charge is 2.28. The van der Waals surface area contributed by atoms with Crippen molar-refractivity contribution >= 4 is 56.1 Å². The van der Waals surface area contributed by atoms with E-state index < -0.39 is 11.6 Å². The van der Waals surface area contributed by atoms with Crippen LogP contribution in [0.1, 0.15) is 51.2 Å². The molecule has 0 aliphatic rings. The van der Waals surface area contributed by atoms with Gasteiger partial charge in [-0.2, -0.15) is 0 Å². The summed E-state index contributed by atoms with van der Waals surface area (Å²) in [6.45, 7) is 5.84. The first-order chi connectivity index (χ1) is 18.7. The molecule has 5 aromatic rings. The molecule has 0 unspecified atom stereocenters. The topological polar surface area (TPSA) is 52.6 Å². The lowest BCUT2D eigenvalue weighted by atomic mass is 10.0. The number of ether oxygens (including phenoxy) is 2. The van der Waals surface area contributed by atoms with Gasteiger partial charge in [0.15, 0.2) is 5.78 Å². The molecule has 0 fully saturated rings. The van der Waals surface area contributed by atoms with E-state index in [4.69, 9.17) is 21.1 Å². The van der Waals surface area contributed by atoms with Gasteiger partial charge in [0, 0.05) is 32.0 Å². The molecule has 198 valence electrons. The molecule has 3 aromatic carbocycles. The fourth-order valence-corrected chi connectivity index (χ4v) is 6.48. The molecule has 0 atom stereocenters. The molecule has 7 heteroatoms. The maximum atomic E-state index is 13.8. The molecule has 0 spiro atoms. The Kier molecular flexibility index (Phi) is 7.89. The summed E-state index contributed by atoms with van der Waals surface area (Å²) in [5, 5.41) is 3.42. The largest absolute Gasteiger partial charge is 0.487 e. The Morgan fingerprint density at radius 3 is 2.31 bits per heavy atom. The Balaban J connectivity index is 1.51. The van der Waals surface area contributed by atoms with Crippen LogP contribution < -0.4 is 4.74 Å². The number of halogens is 1. The second kappa shape index (κ2) is 11.3. The van der Waals surface area contributed by atoms with Gasteiger partial charge in [-0.05, 0) is 61.5 Å². The number of hydrogen-bond acceptors (Lipinski definition) is 6. The molecule has 0 amide bonds. The van der Waals surface area contributed by atoms with Gasteiger partial charge in [0.2, 0.25) is 0 Å². The van der Waals surface area contributed by atoms with E-state index in [2.05, 4.69) is 0 Å². The SMILES string of the molecule is CC(C)(C)OC(=O)c1c(-c2ccc(Cl)cc2)csc1CC(=O)c1sc2ccccc2c1OCc1ccccc1. The number of Topliss-reactive ketones (excluding diaryl/α,β-unsaturated/α-hetero) is 1. The van der Waals surface area contributed by atoms with Crippen molar-refractivity contribution in [2.75, 3.05) is 0 Å². The fourth-order valence-electron chi connectivity index (χ4n) is 4.23. The van der Waals surface area contributed by atoms with Crippen LogP contribution in [0.3, 0.4) is 0 Å². The second-order valence-electron chi connectivity index (χ2n) is 10.1.